The topological polar surface area (TPSA) is 53.2 Å². The summed E-state index contributed by atoms with van der Waals surface area (Å²) in [6.45, 7) is 6.79. The van der Waals surface area contributed by atoms with Gasteiger partial charge in [-0.3, -0.25) is 14.5 Å². The second kappa shape index (κ2) is 7.03. The van der Waals surface area contributed by atoms with E-state index in [0.717, 1.165) is 30.6 Å². The zero-order valence-electron chi connectivity index (χ0n) is 14.5. The first-order valence-corrected chi connectivity index (χ1v) is 9.48. The van der Waals surface area contributed by atoms with Gasteiger partial charge in [-0.25, -0.2) is 0 Å². The average molecular weight is 344 g/mol. The summed E-state index contributed by atoms with van der Waals surface area (Å²) in [5, 5.41) is 4.27. The number of nitrogens with zero attached hydrogens (tertiary/aromatic N) is 1. The Hall–Kier alpha value is -1.72. The Balaban J connectivity index is 1.83. The Morgan fingerprint density at radius 2 is 2.21 bits per heavy atom. The van der Waals surface area contributed by atoms with Crippen molar-refractivity contribution in [3.05, 3.63) is 44.9 Å². The summed E-state index contributed by atoms with van der Waals surface area (Å²) in [6, 6.07) is 2.50. The van der Waals surface area contributed by atoms with Crippen molar-refractivity contribution in [3.63, 3.8) is 0 Å². The molecule has 1 N–H and O–H groups in total. The highest BCUT2D eigenvalue weighted by Crippen LogP contribution is 2.33. The van der Waals surface area contributed by atoms with Gasteiger partial charge in [-0.05, 0) is 67.6 Å². The molecule has 4 nitrogen and oxygen atoms in total. The molecule has 1 atom stereocenters. The monoisotopic (exact) mass is 344 g/mol. The molecule has 128 valence electrons. The number of Topliss-reactive ketones (excluding diaryl/α,β-unsaturated/α-hetero) is 2. The Labute approximate surface area is 146 Å². The van der Waals surface area contributed by atoms with Crippen LogP contribution in [-0.4, -0.2) is 34.5 Å². The highest BCUT2D eigenvalue weighted by Gasteiger charge is 2.30. The molecule has 0 saturated carbocycles. The molecule has 0 amide bonds. The fourth-order valence-corrected chi connectivity index (χ4v) is 4.57. The summed E-state index contributed by atoms with van der Waals surface area (Å²) in [6.07, 6.45) is 2.91. The summed E-state index contributed by atoms with van der Waals surface area (Å²) < 4.78 is 0. The molecule has 0 radical (unpaired) electrons. The van der Waals surface area contributed by atoms with Gasteiger partial charge >= 0.3 is 0 Å². The van der Waals surface area contributed by atoms with E-state index in [1.54, 1.807) is 18.3 Å². The minimum atomic E-state index is 0.0250. The van der Waals surface area contributed by atoms with Gasteiger partial charge in [0.25, 0.3) is 0 Å². The predicted molar refractivity (Wildman–Crippen MR) is 97.1 cm³/mol. The minimum absolute atomic E-state index is 0.0250. The molecule has 0 aliphatic carbocycles. The fourth-order valence-electron chi connectivity index (χ4n) is 3.87. The van der Waals surface area contributed by atoms with E-state index in [0.29, 0.717) is 30.3 Å². The molecule has 0 aromatic carbocycles. The third kappa shape index (κ3) is 3.10. The van der Waals surface area contributed by atoms with Crippen LogP contribution in [0.3, 0.4) is 0 Å². The Bertz CT molecular complexity index is 746. The van der Waals surface area contributed by atoms with Crippen LogP contribution in [0.2, 0.25) is 0 Å². The number of likely N-dealkylation sites (tertiary alicyclic amines) is 1. The number of H-pyrrole nitrogens is 1. The maximum atomic E-state index is 12.9. The number of thiophene rings is 1. The van der Waals surface area contributed by atoms with E-state index in [1.165, 1.54) is 5.56 Å². The molecule has 1 saturated heterocycles. The van der Waals surface area contributed by atoms with Gasteiger partial charge in [-0.2, -0.15) is 11.3 Å². The molecular weight excluding hydrogens is 320 g/mol. The Morgan fingerprint density at radius 1 is 1.42 bits per heavy atom. The molecule has 1 fully saturated rings. The first-order chi connectivity index (χ1) is 11.5. The van der Waals surface area contributed by atoms with Gasteiger partial charge < -0.3 is 4.98 Å². The van der Waals surface area contributed by atoms with Gasteiger partial charge in [0.15, 0.2) is 11.6 Å². The van der Waals surface area contributed by atoms with Crippen molar-refractivity contribution >= 4 is 22.9 Å². The van der Waals surface area contributed by atoms with Crippen LogP contribution in [0.4, 0.5) is 0 Å². The zero-order chi connectivity index (χ0) is 17.3. The number of aromatic nitrogens is 1. The smallest absolute Gasteiger partial charge is 0.193 e. The maximum absolute atomic E-state index is 12.9. The number of hydrogen-bond donors (Lipinski definition) is 1. The van der Waals surface area contributed by atoms with E-state index in [4.69, 9.17) is 0 Å². The summed E-state index contributed by atoms with van der Waals surface area (Å²) in [4.78, 5) is 30.2. The number of rotatable bonds is 6. The van der Waals surface area contributed by atoms with Gasteiger partial charge in [0.2, 0.25) is 0 Å². The first kappa shape index (κ1) is 17.1. The van der Waals surface area contributed by atoms with Gasteiger partial charge in [0, 0.05) is 17.3 Å². The third-order valence-corrected chi connectivity index (χ3v) is 5.62. The fraction of sp³-hybridized carbons (Fsp3) is 0.474. The van der Waals surface area contributed by atoms with Crippen LogP contribution < -0.4 is 0 Å². The van der Waals surface area contributed by atoms with Gasteiger partial charge in [-0.1, -0.05) is 6.92 Å². The van der Waals surface area contributed by atoms with E-state index in [1.807, 2.05) is 13.8 Å². The number of carbonyl (C=O) groups excluding carboxylic acids is 2. The van der Waals surface area contributed by atoms with Crippen molar-refractivity contribution in [3.8, 4) is 0 Å². The third-order valence-electron chi connectivity index (χ3n) is 4.91. The van der Waals surface area contributed by atoms with Gasteiger partial charge in [-0.15, -0.1) is 0 Å². The molecule has 5 heteroatoms. The van der Waals surface area contributed by atoms with E-state index < -0.39 is 0 Å². The van der Waals surface area contributed by atoms with E-state index in [-0.39, 0.29) is 11.6 Å². The number of nitrogens with one attached hydrogen (secondary N) is 1. The molecule has 3 rings (SSSR count). The summed E-state index contributed by atoms with van der Waals surface area (Å²) in [7, 11) is 0. The average Bonchev–Trinajstić information content (AvgIpc) is 3.24. The van der Waals surface area contributed by atoms with E-state index >= 15 is 0 Å². The van der Waals surface area contributed by atoms with Crippen LogP contribution in [-0.2, 0) is 6.42 Å². The second-order valence-electron chi connectivity index (χ2n) is 6.50. The number of hydrogen-bond acceptors (Lipinski definition) is 4. The Morgan fingerprint density at radius 3 is 2.83 bits per heavy atom. The van der Waals surface area contributed by atoms with Crippen molar-refractivity contribution in [1.82, 2.24) is 9.88 Å². The van der Waals surface area contributed by atoms with Crippen LogP contribution in [0.15, 0.2) is 16.8 Å². The van der Waals surface area contributed by atoms with E-state index in [2.05, 4.69) is 26.7 Å². The van der Waals surface area contributed by atoms with Crippen LogP contribution in [0, 0.1) is 6.92 Å². The lowest BCUT2D eigenvalue weighted by atomic mass is 10.0. The number of ketones is 2. The Kier molecular flexibility index (Phi) is 5.01. The quantitative estimate of drug-likeness (QED) is 0.800. The van der Waals surface area contributed by atoms with Crippen molar-refractivity contribution < 1.29 is 9.59 Å². The molecule has 2 aromatic rings. The molecule has 24 heavy (non-hydrogen) atoms. The molecule has 0 spiro atoms. The minimum Gasteiger partial charge on any atom is -0.355 e. The highest BCUT2D eigenvalue weighted by molar-refractivity contribution is 7.07. The van der Waals surface area contributed by atoms with Crippen molar-refractivity contribution in [2.45, 2.75) is 46.1 Å². The lowest BCUT2D eigenvalue weighted by Gasteiger charge is -2.23. The van der Waals surface area contributed by atoms with E-state index in [9.17, 15) is 9.59 Å². The SMILES string of the molecule is CCc1c(C(=O)CN2CCC[C@@H]2c2ccsc2)[nH]c(C)c1C(C)=O. The normalized spacial score (nSPS) is 18.2. The van der Waals surface area contributed by atoms with Crippen molar-refractivity contribution in [2.24, 2.45) is 0 Å². The predicted octanol–water partition coefficient (Wildman–Crippen LogP) is 4.17. The highest BCUT2D eigenvalue weighted by atomic mass is 32.1. The van der Waals surface area contributed by atoms with Crippen LogP contribution in [0.5, 0.6) is 0 Å². The first-order valence-electron chi connectivity index (χ1n) is 8.54. The largest absolute Gasteiger partial charge is 0.355 e. The van der Waals surface area contributed by atoms with Gasteiger partial charge in [0.05, 0.1) is 12.2 Å². The summed E-state index contributed by atoms with van der Waals surface area (Å²) in [5.74, 6) is 0.113. The van der Waals surface area contributed by atoms with Crippen LogP contribution >= 0.6 is 11.3 Å². The van der Waals surface area contributed by atoms with Crippen molar-refractivity contribution in [1.29, 1.82) is 0 Å². The molecule has 0 bridgehead atoms. The zero-order valence-corrected chi connectivity index (χ0v) is 15.3. The number of aromatic amines is 1. The lowest BCUT2D eigenvalue weighted by molar-refractivity contribution is 0.0916. The molecule has 0 unspecified atom stereocenters. The lowest BCUT2D eigenvalue weighted by Crippen LogP contribution is -2.30. The summed E-state index contributed by atoms with van der Waals surface area (Å²) >= 11 is 1.70. The summed E-state index contributed by atoms with van der Waals surface area (Å²) in [5.41, 5.74) is 4.30. The maximum Gasteiger partial charge on any atom is 0.193 e. The molecule has 2 aromatic heterocycles. The molecule has 1 aliphatic heterocycles. The van der Waals surface area contributed by atoms with Crippen LogP contribution in [0.1, 0.15) is 70.4 Å². The number of carbonyl (C=O) groups is 2. The van der Waals surface area contributed by atoms with Crippen molar-refractivity contribution in [2.75, 3.05) is 13.1 Å². The number of aryl methyl sites for hydroxylation is 1. The molecular formula is C19H24N2O2S. The standard InChI is InChI=1S/C19H24N2O2S/c1-4-15-18(13(3)22)12(2)20-19(15)17(23)10-21-8-5-6-16(21)14-7-9-24-11-14/h7,9,11,16,20H,4-6,8,10H2,1-3H3/t16-/m1/s1. The molecule has 1 aliphatic rings. The van der Waals surface area contributed by atoms with Gasteiger partial charge in [0.1, 0.15) is 0 Å². The van der Waals surface area contributed by atoms with Crippen LogP contribution in [0.25, 0.3) is 0 Å². The second-order valence-corrected chi connectivity index (χ2v) is 7.28. The molecule has 3 heterocycles.